The van der Waals surface area contributed by atoms with Crippen molar-refractivity contribution in [1.29, 1.82) is 0 Å². The SMILES string of the molecule is O=C(Nc1ccc([N+](=O)[O-])cc1)N1N=C2c3ccccc3SCC2C1c1ccc(Cl)cc1. The quantitative estimate of drug-likeness (QED) is 0.382. The summed E-state index contributed by atoms with van der Waals surface area (Å²) in [6.07, 6.45) is 0. The molecule has 0 aliphatic carbocycles. The van der Waals surface area contributed by atoms with Gasteiger partial charge < -0.3 is 5.32 Å². The number of fused-ring (bicyclic) bond motifs is 3. The molecule has 2 aliphatic heterocycles. The highest BCUT2D eigenvalue weighted by Crippen LogP contribution is 2.45. The first-order chi connectivity index (χ1) is 15.5. The predicted octanol–water partition coefficient (Wildman–Crippen LogP) is 5.96. The van der Waals surface area contributed by atoms with Gasteiger partial charge in [-0.2, -0.15) is 5.10 Å². The number of hydrogen-bond acceptors (Lipinski definition) is 5. The minimum Gasteiger partial charge on any atom is -0.306 e. The number of anilines is 1. The molecule has 0 spiro atoms. The molecule has 0 saturated carbocycles. The lowest BCUT2D eigenvalue weighted by Gasteiger charge is -2.29. The summed E-state index contributed by atoms with van der Waals surface area (Å²) in [4.78, 5) is 24.8. The number of urea groups is 1. The lowest BCUT2D eigenvalue weighted by atomic mass is 9.88. The standard InChI is InChI=1S/C23H17ClN4O3S/c24-15-7-5-14(6-8-15)22-19-13-32-20-4-2-1-3-18(20)21(19)26-27(22)23(29)25-16-9-11-17(12-10-16)28(30)31/h1-12,19,22H,13H2,(H,25,29). The molecule has 2 unspecified atom stereocenters. The third kappa shape index (κ3) is 3.72. The number of benzene rings is 3. The van der Waals surface area contributed by atoms with Crippen LogP contribution in [-0.2, 0) is 0 Å². The molecule has 2 atom stereocenters. The van der Waals surface area contributed by atoms with Gasteiger partial charge in [-0.25, -0.2) is 9.80 Å². The second-order valence-corrected chi connectivity index (χ2v) is 8.97. The van der Waals surface area contributed by atoms with E-state index in [2.05, 4.69) is 11.4 Å². The van der Waals surface area contributed by atoms with E-state index in [4.69, 9.17) is 16.7 Å². The summed E-state index contributed by atoms with van der Waals surface area (Å²) in [6, 6.07) is 20.6. The molecule has 1 N–H and O–H groups in total. The Hall–Kier alpha value is -3.36. The summed E-state index contributed by atoms with van der Waals surface area (Å²) >= 11 is 7.85. The van der Waals surface area contributed by atoms with E-state index in [1.165, 1.54) is 29.3 Å². The summed E-state index contributed by atoms with van der Waals surface area (Å²) in [5, 5.41) is 20.6. The van der Waals surface area contributed by atoms with E-state index in [1.807, 2.05) is 42.5 Å². The van der Waals surface area contributed by atoms with Crippen LogP contribution < -0.4 is 5.32 Å². The summed E-state index contributed by atoms with van der Waals surface area (Å²) in [5.74, 6) is 0.823. The molecule has 9 heteroatoms. The maximum Gasteiger partial charge on any atom is 0.342 e. The zero-order valence-corrected chi connectivity index (χ0v) is 18.2. The zero-order valence-electron chi connectivity index (χ0n) is 16.6. The van der Waals surface area contributed by atoms with Crippen molar-refractivity contribution < 1.29 is 9.72 Å². The van der Waals surface area contributed by atoms with E-state index < -0.39 is 11.0 Å². The molecule has 5 rings (SSSR count). The van der Waals surface area contributed by atoms with Crippen molar-refractivity contribution in [3.05, 3.63) is 99.1 Å². The number of carbonyl (C=O) groups is 1. The molecular weight excluding hydrogens is 448 g/mol. The van der Waals surface area contributed by atoms with E-state index in [-0.39, 0.29) is 17.6 Å². The monoisotopic (exact) mass is 464 g/mol. The molecule has 2 aliphatic rings. The Morgan fingerprint density at radius 2 is 1.81 bits per heavy atom. The highest BCUT2D eigenvalue weighted by atomic mass is 35.5. The molecule has 0 radical (unpaired) electrons. The van der Waals surface area contributed by atoms with Crippen LogP contribution in [0.5, 0.6) is 0 Å². The fraction of sp³-hybridized carbons (Fsp3) is 0.130. The lowest BCUT2D eigenvalue weighted by Crippen LogP contribution is -2.35. The number of thioether (sulfide) groups is 1. The number of nitrogens with zero attached hydrogens (tertiary/aromatic N) is 3. The molecule has 0 aromatic heterocycles. The molecular formula is C23H17ClN4O3S. The van der Waals surface area contributed by atoms with Crippen LogP contribution in [-0.4, -0.2) is 27.4 Å². The zero-order chi connectivity index (χ0) is 22.2. The van der Waals surface area contributed by atoms with Gasteiger partial charge in [0.2, 0.25) is 0 Å². The van der Waals surface area contributed by atoms with Gasteiger partial charge in [-0.1, -0.05) is 41.9 Å². The number of hydrogen-bond donors (Lipinski definition) is 1. The Morgan fingerprint density at radius 3 is 2.53 bits per heavy atom. The van der Waals surface area contributed by atoms with Gasteiger partial charge in [0.05, 0.1) is 16.7 Å². The topological polar surface area (TPSA) is 87.8 Å². The van der Waals surface area contributed by atoms with Crippen LogP contribution in [0.15, 0.2) is 82.8 Å². The van der Waals surface area contributed by atoms with Gasteiger partial charge in [-0.05, 0) is 35.9 Å². The van der Waals surface area contributed by atoms with Crippen molar-refractivity contribution in [3.8, 4) is 0 Å². The van der Waals surface area contributed by atoms with Crippen molar-refractivity contribution >= 4 is 46.5 Å². The fourth-order valence-electron chi connectivity index (χ4n) is 4.03. The average molecular weight is 465 g/mol. The van der Waals surface area contributed by atoms with E-state index in [1.54, 1.807) is 11.8 Å². The maximum absolute atomic E-state index is 13.3. The molecule has 3 aromatic carbocycles. The Balaban J connectivity index is 1.50. The summed E-state index contributed by atoms with van der Waals surface area (Å²) < 4.78 is 0. The van der Waals surface area contributed by atoms with Gasteiger partial charge in [-0.15, -0.1) is 11.8 Å². The van der Waals surface area contributed by atoms with Crippen LogP contribution in [0.3, 0.4) is 0 Å². The van der Waals surface area contributed by atoms with Gasteiger partial charge in [0, 0.05) is 45.0 Å². The summed E-state index contributed by atoms with van der Waals surface area (Å²) in [6.45, 7) is 0. The van der Waals surface area contributed by atoms with Crippen LogP contribution in [0.2, 0.25) is 5.02 Å². The van der Waals surface area contributed by atoms with Gasteiger partial charge >= 0.3 is 6.03 Å². The number of carbonyl (C=O) groups excluding carboxylic acids is 1. The number of nitrogens with one attached hydrogen (secondary N) is 1. The third-order valence-electron chi connectivity index (χ3n) is 5.54. The first-order valence-electron chi connectivity index (χ1n) is 9.92. The largest absolute Gasteiger partial charge is 0.342 e. The molecule has 32 heavy (non-hydrogen) atoms. The van der Waals surface area contributed by atoms with E-state index in [0.29, 0.717) is 10.7 Å². The molecule has 3 aromatic rings. The maximum atomic E-state index is 13.3. The number of amides is 2. The highest BCUT2D eigenvalue weighted by Gasteiger charge is 2.44. The molecule has 0 bridgehead atoms. The molecule has 2 heterocycles. The number of rotatable bonds is 3. The molecule has 7 nitrogen and oxygen atoms in total. The van der Waals surface area contributed by atoms with Crippen LogP contribution in [0.25, 0.3) is 0 Å². The van der Waals surface area contributed by atoms with Crippen LogP contribution >= 0.6 is 23.4 Å². The molecule has 0 saturated heterocycles. The van der Waals surface area contributed by atoms with Crippen molar-refractivity contribution in [1.82, 2.24) is 5.01 Å². The van der Waals surface area contributed by atoms with E-state index in [0.717, 1.165) is 27.5 Å². The van der Waals surface area contributed by atoms with Gasteiger partial charge in [0.1, 0.15) is 0 Å². The Morgan fingerprint density at radius 1 is 1.09 bits per heavy atom. The number of hydrazone groups is 1. The normalized spacial score (nSPS) is 19.0. The minimum absolute atomic E-state index is 0.0266. The lowest BCUT2D eigenvalue weighted by molar-refractivity contribution is -0.384. The highest BCUT2D eigenvalue weighted by molar-refractivity contribution is 7.99. The van der Waals surface area contributed by atoms with Crippen LogP contribution in [0.4, 0.5) is 16.2 Å². The predicted molar refractivity (Wildman–Crippen MR) is 125 cm³/mol. The molecule has 0 fully saturated rings. The second-order valence-electron chi connectivity index (χ2n) is 7.47. The number of non-ortho nitro benzene ring substituents is 1. The van der Waals surface area contributed by atoms with Crippen molar-refractivity contribution in [3.63, 3.8) is 0 Å². The van der Waals surface area contributed by atoms with Crippen LogP contribution in [0.1, 0.15) is 17.2 Å². The van der Waals surface area contributed by atoms with Crippen LogP contribution in [0, 0.1) is 16.0 Å². The second kappa shape index (κ2) is 8.29. The minimum atomic E-state index is -0.478. The van der Waals surface area contributed by atoms with Crippen molar-refractivity contribution in [2.45, 2.75) is 10.9 Å². The van der Waals surface area contributed by atoms with E-state index >= 15 is 0 Å². The average Bonchev–Trinajstić information content (AvgIpc) is 3.20. The number of nitro benzene ring substituents is 1. The van der Waals surface area contributed by atoms with Gasteiger partial charge in [0.15, 0.2) is 0 Å². The molecule has 160 valence electrons. The smallest absolute Gasteiger partial charge is 0.306 e. The van der Waals surface area contributed by atoms with Crippen molar-refractivity contribution in [2.24, 2.45) is 11.0 Å². The van der Waals surface area contributed by atoms with E-state index in [9.17, 15) is 14.9 Å². The summed E-state index contributed by atoms with van der Waals surface area (Å²) in [5.41, 5.74) is 3.29. The van der Waals surface area contributed by atoms with Crippen molar-refractivity contribution in [2.75, 3.05) is 11.1 Å². The summed E-state index contributed by atoms with van der Waals surface area (Å²) in [7, 11) is 0. The third-order valence-corrected chi connectivity index (χ3v) is 6.99. The molecule has 2 amide bonds. The van der Waals surface area contributed by atoms with Gasteiger partial charge in [0.25, 0.3) is 5.69 Å². The number of nitro groups is 1. The Bertz CT molecular complexity index is 1230. The fourth-order valence-corrected chi connectivity index (χ4v) is 5.36. The first-order valence-corrected chi connectivity index (χ1v) is 11.3. The van der Waals surface area contributed by atoms with Gasteiger partial charge in [-0.3, -0.25) is 10.1 Å². The Kier molecular flexibility index (Phi) is 5.32. The Labute approximate surface area is 193 Å². The number of halogens is 1. The first kappa shape index (κ1) is 20.5.